The van der Waals surface area contributed by atoms with Crippen LogP contribution in [-0.4, -0.2) is 65.5 Å². The van der Waals surface area contributed by atoms with Crippen molar-refractivity contribution in [3.05, 3.63) is 71.8 Å². The highest BCUT2D eigenvalue weighted by Gasteiger charge is 2.38. The molecule has 30 heavy (non-hydrogen) atoms. The Balaban J connectivity index is 1.28. The molecular weight excluding hydrogens is 378 g/mol. The number of nitrogens with zero attached hydrogens (tertiary/aromatic N) is 3. The van der Waals surface area contributed by atoms with Crippen molar-refractivity contribution in [1.29, 1.82) is 0 Å². The highest BCUT2D eigenvalue weighted by molar-refractivity contribution is 5.84. The van der Waals surface area contributed by atoms with E-state index in [0.29, 0.717) is 26.1 Å². The number of hydrogen-bond acceptors (Lipinski definition) is 4. The molecule has 2 aromatic rings. The van der Waals surface area contributed by atoms with E-state index in [1.165, 1.54) is 5.56 Å². The zero-order valence-corrected chi connectivity index (χ0v) is 17.3. The molecule has 2 fully saturated rings. The molecule has 6 nitrogen and oxygen atoms in total. The third kappa shape index (κ3) is 5.00. The van der Waals surface area contributed by atoms with Gasteiger partial charge in [0.1, 0.15) is 12.6 Å². The Morgan fingerprint density at radius 2 is 1.47 bits per heavy atom. The molecule has 0 aliphatic carbocycles. The third-order valence-corrected chi connectivity index (χ3v) is 5.89. The lowest BCUT2D eigenvalue weighted by Crippen LogP contribution is -2.54. The molecule has 6 heteroatoms. The van der Waals surface area contributed by atoms with Crippen molar-refractivity contribution in [3.63, 3.8) is 0 Å². The Morgan fingerprint density at radius 1 is 0.833 bits per heavy atom. The van der Waals surface area contributed by atoms with Gasteiger partial charge in [-0.15, -0.1) is 0 Å². The summed E-state index contributed by atoms with van der Waals surface area (Å²) < 4.78 is 5.50. The summed E-state index contributed by atoms with van der Waals surface area (Å²) in [4.78, 5) is 31.7. The number of ether oxygens (including phenoxy) is 1. The van der Waals surface area contributed by atoms with E-state index >= 15 is 0 Å². The minimum Gasteiger partial charge on any atom is -0.459 e. The number of esters is 1. The van der Waals surface area contributed by atoms with Gasteiger partial charge >= 0.3 is 12.0 Å². The van der Waals surface area contributed by atoms with Crippen LogP contribution >= 0.6 is 0 Å². The van der Waals surface area contributed by atoms with Crippen molar-refractivity contribution in [2.24, 2.45) is 0 Å². The van der Waals surface area contributed by atoms with Crippen molar-refractivity contribution in [3.8, 4) is 0 Å². The number of amides is 2. The van der Waals surface area contributed by atoms with Crippen molar-refractivity contribution < 1.29 is 14.3 Å². The number of hydrogen-bond donors (Lipinski definition) is 0. The van der Waals surface area contributed by atoms with E-state index in [9.17, 15) is 9.59 Å². The second kappa shape index (κ2) is 9.76. The average Bonchev–Trinajstić information content (AvgIpc) is 3.29. The van der Waals surface area contributed by atoms with Gasteiger partial charge in [0.05, 0.1) is 0 Å². The van der Waals surface area contributed by atoms with Crippen LogP contribution in [0.5, 0.6) is 0 Å². The zero-order chi connectivity index (χ0) is 20.8. The van der Waals surface area contributed by atoms with E-state index in [4.69, 9.17) is 4.74 Å². The molecule has 0 aromatic heterocycles. The number of carbonyl (C=O) groups is 2. The monoisotopic (exact) mass is 407 g/mol. The van der Waals surface area contributed by atoms with Crippen LogP contribution in [0.4, 0.5) is 4.79 Å². The molecule has 2 aliphatic heterocycles. The van der Waals surface area contributed by atoms with Crippen LogP contribution in [0.2, 0.25) is 0 Å². The lowest BCUT2D eigenvalue weighted by Gasteiger charge is -2.37. The van der Waals surface area contributed by atoms with Gasteiger partial charge in [-0.25, -0.2) is 9.59 Å². The van der Waals surface area contributed by atoms with Crippen LogP contribution in [0.1, 0.15) is 24.0 Å². The quantitative estimate of drug-likeness (QED) is 0.715. The standard InChI is InChI=1S/C24H29N3O3/c28-23(30-19-21-10-5-2-6-11-21)22-12-7-13-27(22)24(29)26-16-14-25(15-17-26)18-20-8-3-1-4-9-20/h1-6,8-11,22H,7,12-19H2/t22-/m0/s1. The second-order valence-electron chi connectivity index (χ2n) is 7.98. The molecule has 2 heterocycles. The minimum atomic E-state index is -0.469. The van der Waals surface area contributed by atoms with Crippen LogP contribution in [0.25, 0.3) is 0 Å². The number of urea groups is 1. The van der Waals surface area contributed by atoms with E-state index in [1.54, 1.807) is 4.90 Å². The SMILES string of the molecule is O=C(OCc1ccccc1)[C@@H]1CCCN1C(=O)N1CCN(Cc2ccccc2)CC1. The predicted octanol–water partition coefficient (Wildman–Crippen LogP) is 3.13. The highest BCUT2D eigenvalue weighted by Crippen LogP contribution is 2.22. The fraction of sp³-hybridized carbons (Fsp3) is 0.417. The Kier molecular flexibility index (Phi) is 6.64. The van der Waals surface area contributed by atoms with Gasteiger partial charge in [0.2, 0.25) is 0 Å². The third-order valence-electron chi connectivity index (χ3n) is 5.89. The molecule has 0 saturated carbocycles. The molecule has 2 saturated heterocycles. The fourth-order valence-corrected chi connectivity index (χ4v) is 4.19. The van der Waals surface area contributed by atoms with Crippen LogP contribution < -0.4 is 0 Å². The minimum absolute atomic E-state index is 0.0338. The molecule has 0 N–H and O–H groups in total. The lowest BCUT2D eigenvalue weighted by atomic mass is 10.2. The molecule has 2 aromatic carbocycles. The van der Waals surface area contributed by atoms with Gasteiger partial charge in [-0.3, -0.25) is 4.90 Å². The first-order valence-corrected chi connectivity index (χ1v) is 10.7. The number of rotatable bonds is 5. The molecular formula is C24H29N3O3. The van der Waals surface area contributed by atoms with Gasteiger partial charge in [-0.05, 0) is 24.0 Å². The van der Waals surface area contributed by atoms with E-state index in [1.807, 2.05) is 41.3 Å². The summed E-state index contributed by atoms with van der Waals surface area (Å²) in [5.74, 6) is -0.299. The maximum absolute atomic E-state index is 13.1. The molecule has 2 amide bonds. The van der Waals surface area contributed by atoms with Gasteiger partial charge in [0.15, 0.2) is 0 Å². The topological polar surface area (TPSA) is 53.1 Å². The summed E-state index contributed by atoms with van der Waals surface area (Å²) in [6, 6.07) is 19.5. The number of piperazine rings is 1. The second-order valence-corrected chi connectivity index (χ2v) is 7.98. The van der Waals surface area contributed by atoms with Crippen molar-refractivity contribution in [2.75, 3.05) is 32.7 Å². The first kappa shape index (κ1) is 20.4. The summed E-state index contributed by atoms with van der Waals surface area (Å²) in [5, 5.41) is 0. The number of likely N-dealkylation sites (tertiary alicyclic amines) is 1. The Morgan fingerprint density at radius 3 is 2.13 bits per heavy atom. The summed E-state index contributed by atoms with van der Waals surface area (Å²) in [7, 11) is 0. The van der Waals surface area contributed by atoms with Gasteiger partial charge in [0, 0.05) is 39.3 Å². The highest BCUT2D eigenvalue weighted by atomic mass is 16.5. The van der Waals surface area contributed by atoms with Crippen molar-refractivity contribution >= 4 is 12.0 Å². The van der Waals surface area contributed by atoms with E-state index in [-0.39, 0.29) is 18.6 Å². The average molecular weight is 408 g/mol. The normalized spacial score (nSPS) is 19.7. The van der Waals surface area contributed by atoms with Crippen molar-refractivity contribution in [2.45, 2.75) is 32.0 Å². The van der Waals surface area contributed by atoms with Crippen LogP contribution in [-0.2, 0) is 22.7 Å². The van der Waals surface area contributed by atoms with E-state index in [0.717, 1.165) is 31.6 Å². The Hall–Kier alpha value is -2.86. The first-order valence-electron chi connectivity index (χ1n) is 10.7. The molecule has 1 atom stereocenters. The lowest BCUT2D eigenvalue weighted by molar-refractivity contribution is -0.149. The van der Waals surface area contributed by atoms with Crippen LogP contribution in [0.3, 0.4) is 0 Å². The maximum Gasteiger partial charge on any atom is 0.329 e. The summed E-state index contributed by atoms with van der Waals surface area (Å²) in [6.07, 6.45) is 1.51. The van der Waals surface area contributed by atoms with Gasteiger partial charge < -0.3 is 14.5 Å². The number of carbonyl (C=O) groups excluding carboxylic acids is 2. The summed E-state index contributed by atoms with van der Waals surface area (Å²) >= 11 is 0. The summed E-state index contributed by atoms with van der Waals surface area (Å²) in [5.41, 5.74) is 2.24. The van der Waals surface area contributed by atoms with Gasteiger partial charge in [0.25, 0.3) is 0 Å². The Labute approximate surface area is 178 Å². The van der Waals surface area contributed by atoms with Gasteiger partial charge in [-0.1, -0.05) is 60.7 Å². The molecule has 2 aliphatic rings. The van der Waals surface area contributed by atoms with E-state index in [2.05, 4.69) is 29.2 Å². The molecule has 0 spiro atoms. The smallest absolute Gasteiger partial charge is 0.329 e. The fourth-order valence-electron chi connectivity index (χ4n) is 4.19. The molecule has 0 unspecified atom stereocenters. The maximum atomic E-state index is 13.1. The van der Waals surface area contributed by atoms with Gasteiger partial charge in [-0.2, -0.15) is 0 Å². The largest absolute Gasteiger partial charge is 0.459 e. The molecule has 0 bridgehead atoms. The predicted molar refractivity (Wildman–Crippen MR) is 115 cm³/mol. The van der Waals surface area contributed by atoms with E-state index < -0.39 is 6.04 Å². The first-order chi connectivity index (χ1) is 14.7. The number of benzene rings is 2. The Bertz CT molecular complexity index is 835. The van der Waals surface area contributed by atoms with Crippen LogP contribution in [0.15, 0.2) is 60.7 Å². The zero-order valence-electron chi connectivity index (χ0n) is 17.3. The summed E-state index contributed by atoms with van der Waals surface area (Å²) in [6.45, 7) is 4.84. The molecule has 0 radical (unpaired) electrons. The molecule has 158 valence electrons. The van der Waals surface area contributed by atoms with Crippen molar-refractivity contribution in [1.82, 2.24) is 14.7 Å². The van der Waals surface area contributed by atoms with Crippen LogP contribution in [0, 0.1) is 0 Å². The molecule has 4 rings (SSSR count).